The van der Waals surface area contributed by atoms with Crippen LogP contribution in [0.5, 0.6) is 5.75 Å². The summed E-state index contributed by atoms with van der Waals surface area (Å²) >= 11 is 3.20. The number of sulfonamides is 1. The van der Waals surface area contributed by atoms with E-state index in [0.717, 1.165) is 0 Å². The highest BCUT2D eigenvalue weighted by atomic mass is 79.9. The Bertz CT molecular complexity index is 430. The van der Waals surface area contributed by atoms with Crippen molar-refractivity contribution < 1.29 is 13.2 Å². The molecule has 0 heterocycles. The molecule has 0 bridgehead atoms. The summed E-state index contributed by atoms with van der Waals surface area (Å²) in [5, 5.41) is 0. The largest absolute Gasteiger partial charge is 0.495 e. The zero-order chi connectivity index (χ0) is 10.8. The molecule has 1 N–H and O–H groups in total. The molecule has 0 radical (unpaired) electrons. The van der Waals surface area contributed by atoms with Crippen molar-refractivity contribution in [2.24, 2.45) is 0 Å². The summed E-state index contributed by atoms with van der Waals surface area (Å²) in [5.41, 5.74) is 0. The molecule has 0 spiro atoms. The summed E-state index contributed by atoms with van der Waals surface area (Å²) in [5.74, 6) is 0.322. The van der Waals surface area contributed by atoms with Crippen LogP contribution in [0.15, 0.2) is 27.6 Å². The first-order chi connectivity index (χ1) is 6.51. The molecule has 6 heteroatoms. The van der Waals surface area contributed by atoms with E-state index in [0.29, 0.717) is 10.2 Å². The second-order valence-corrected chi connectivity index (χ2v) is 5.27. The van der Waals surface area contributed by atoms with E-state index < -0.39 is 10.0 Å². The van der Waals surface area contributed by atoms with E-state index >= 15 is 0 Å². The lowest BCUT2D eigenvalue weighted by atomic mass is 10.3. The Morgan fingerprint density at radius 2 is 2.07 bits per heavy atom. The zero-order valence-corrected chi connectivity index (χ0v) is 10.1. The van der Waals surface area contributed by atoms with E-state index in [4.69, 9.17) is 4.74 Å². The maximum atomic E-state index is 11.5. The number of methoxy groups -OCH3 is 1. The normalized spacial score (nSPS) is 11.4. The summed E-state index contributed by atoms with van der Waals surface area (Å²) in [6.07, 6.45) is 0. The zero-order valence-electron chi connectivity index (χ0n) is 7.74. The van der Waals surface area contributed by atoms with Gasteiger partial charge in [-0.25, -0.2) is 13.1 Å². The highest BCUT2D eigenvalue weighted by Crippen LogP contribution is 2.26. The van der Waals surface area contributed by atoms with Crippen LogP contribution in [0.1, 0.15) is 0 Å². The third kappa shape index (κ3) is 2.26. The van der Waals surface area contributed by atoms with Gasteiger partial charge in [-0.2, -0.15) is 0 Å². The molecule has 1 aromatic rings. The van der Waals surface area contributed by atoms with E-state index in [2.05, 4.69) is 20.7 Å². The van der Waals surface area contributed by atoms with Gasteiger partial charge in [0.2, 0.25) is 10.0 Å². The lowest BCUT2D eigenvalue weighted by molar-refractivity contribution is 0.402. The topological polar surface area (TPSA) is 55.4 Å². The van der Waals surface area contributed by atoms with Crippen LogP contribution < -0.4 is 9.46 Å². The molecule has 0 aliphatic heterocycles. The molecule has 78 valence electrons. The fourth-order valence-electron chi connectivity index (χ4n) is 0.971. The third-order valence-electron chi connectivity index (χ3n) is 1.68. The summed E-state index contributed by atoms with van der Waals surface area (Å²) in [4.78, 5) is 0.122. The summed E-state index contributed by atoms with van der Waals surface area (Å²) in [6.45, 7) is 0. The lowest BCUT2D eigenvalue weighted by Crippen LogP contribution is -2.19. The van der Waals surface area contributed by atoms with Crippen molar-refractivity contribution in [1.29, 1.82) is 0 Å². The first-order valence-electron chi connectivity index (χ1n) is 3.78. The smallest absolute Gasteiger partial charge is 0.244 e. The van der Waals surface area contributed by atoms with Crippen molar-refractivity contribution in [2.75, 3.05) is 14.2 Å². The van der Waals surface area contributed by atoms with E-state index in [1.807, 2.05) is 0 Å². The third-order valence-corrected chi connectivity index (χ3v) is 3.61. The van der Waals surface area contributed by atoms with Gasteiger partial charge < -0.3 is 4.74 Å². The van der Waals surface area contributed by atoms with E-state index in [1.54, 1.807) is 12.1 Å². The van der Waals surface area contributed by atoms with Gasteiger partial charge in [0, 0.05) is 4.47 Å². The molecule has 0 aliphatic carbocycles. The minimum Gasteiger partial charge on any atom is -0.495 e. The maximum Gasteiger partial charge on any atom is 0.244 e. The second kappa shape index (κ2) is 4.29. The summed E-state index contributed by atoms with van der Waals surface area (Å²) in [7, 11) is -0.683. The number of ether oxygens (including phenoxy) is 1. The van der Waals surface area contributed by atoms with Crippen molar-refractivity contribution in [2.45, 2.75) is 4.90 Å². The van der Waals surface area contributed by atoms with Gasteiger partial charge in [-0.3, -0.25) is 0 Å². The van der Waals surface area contributed by atoms with Crippen LogP contribution >= 0.6 is 15.9 Å². The predicted octanol–water partition coefficient (Wildman–Crippen LogP) is 1.37. The quantitative estimate of drug-likeness (QED) is 0.909. The molecule has 0 amide bonds. The van der Waals surface area contributed by atoms with Crippen LogP contribution in [0.3, 0.4) is 0 Å². The van der Waals surface area contributed by atoms with E-state index in [1.165, 1.54) is 20.2 Å². The molecule has 0 atom stereocenters. The van der Waals surface area contributed by atoms with Crippen molar-refractivity contribution >= 4 is 26.0 Å². The molecule has 4 nitrogen and oxygen atoms in total. The van der Waals surface area contributed by atoms with Gasteiger partial charge in [-0.1, -0.05) is 15.9 Å². The molecule has 0 aliphatic rings. The van der Waals surface area contributed by atoms with Gasteiger partial charge in [0.1, 0.15) is 10.6 Å². The number of halogens is 1. The van der Waals surface area contributed by atoms with Crippen LogP contribution in [-0.4, -0.2) is 22.6 Å². The van der Waals surface area contributed by atoms with Crippen molar-refractivity contribution in [3.63, 3.8) is 0 Å². The monoisotopic (exact) mass is 279 g/mol. The Labute approximate surface area is 91.5 Å². The molecular weight excluding hydrogens is 270 g/mol. The number of rotatable bonds is 3. The van der Waals surface area contributed by atoms with E-state index in [9.17, 15) is 8.42 Å². The number of hydrogen-bond acceptors (Lipinski definition) is 3. The fourth-order valence-corrected chi connectivity index (χ4v) is 2.40. The Kier molecular flexibility index (Phi) is 3.52. The first kappa shape index (κ1) is 11.5. The average Bonchev–Trinajstić information content (AvgIpc) is 2.18. The number of nitrogens with one attached hydrogen (secondary N) is 1. The predicted molar refractivity (Wildman–Crippen MR) is 56.9 cm³/mol. The molecule has 0 unspecified atom stereocenters. The molecule has 0 aromatic heterocycles. The SMILES string of the molecule is CNS(=O)(=O)c1cc(Br)ccc1OC. The van der Waals surface area contributed by atoms with Gasteiger partial charge in [-0.15, -0.1) is 0 Å². The molecule has 1 aromatic carbocycles. The van der Waals surface area contributed by atoms with Gasteiger partial charge in [0.05, 0.1) is 7.11 Å². The van der Waals surface area contributed by atoms with Crippen LogP contribution in [0, 0.1) is 0 Å². The highest BCUT2D eigenvalue weighted by molar-refractivity contribution is 9.10. The minimum atomic E-state index is -3.47. The Balaban J connectivity index is 3.39. The second-order valence-electron chi connectivity index (χ2n) is 2.50. The Hall–Kier alpha value is -0.590. The van der Waals surface area contributed by atoms with Gasteiger partial charge >= 0.3 is 0 Å². The fraction of sp³-hybridized carbons (Fsp3) is 0.250. The van der Waals surface area contributed by atoms with Crippen LogP contribution in [0.4, 0.5) is 0 Å². The van der Waals surface area contributed by atoms with Gasteiger partial charge in [0.25, 0.3) is 0 Å². The average molecular weight is 280 g/mol. The summed E-state index contributed by atoms with van der Waals surface area (Å²) in [6, 6.07) is 4.80. The van der Waals surface area contributed by atoms with Crippen molar-refractivity contribution in [3.8, 4) is 5.75 Å². The van der Waals surface area contributed by atoms with Crippen LogP contribution in [0.2, 0.25) is 0 Å². The molecule has 14 heavy (non-hydrogen) atoms. The Morgan fingerprint density at radius 1 is 1.43 bits per heavy atom. The lowest BCUT2D eigenvalue weighted by Gasteiger charge is -2.08. The molecule has 0 saturated heterocycles. The minimum absolute atomic E-state index is 0.122. The van der Waals surface area contributed by atoms with Gasteiger partial charge in [-0.05, 0) is 25.2 Å². The number of benzene rings is 1. The molecule has 0 fully saturated rings. The first-order valence-corrected chi connectivity index (χ1v) is 6.06. The standard InChI is InChI=1S/C8H10BrNO3S/c1-10-14(11,12)8-5-6(9)3-4-7(8)13-2/h3-5,10H,1-2H3. The Morgan fingerprint density at radius 3 is 2.57 bits per heavy atom. The van der Waals surface area contributed by atoms with Crippen LogP contribution in [0.25, 0.3) is 0 Å². The van der Waals surface area contributed by atoms with Crippen molar-refractivity contribution in [1.82, 2.24) is 4.72 Å². The van der Waals surface area contributed by atoms with Gasteiger partial charge in [0.15, 0.2) is 0 Å². The van der Waals surface area contributed by atoms with Crippen molar-refractivity contribution in [3.05, 3.63) is 22.7 Å². The maximum absolute atomic E-state index is 11.5. The van der Waals surface area contributed by atoms with Crippen LogP contribution in [-0.2, 0) is 10.0 Å². The number of hydrogen-bond donors (Lipinski definition) is 1. The molecule has 1 rings (SSSR count). The summed E-state index contributed by atoms with van der Waals surface area (Å²) < 4.78 is 30.9. The molecule has 0 saturated carbocycles. The molecular formula is C8H10BrNO3S. The highest BCUT2D eigenvalue weighted by Gasteiger charge is 2.17. The van der Waals surface area contributed by atoms with E-state index in [-0.39, 0.29) is 4.90 Å².